The third-order valence-corrected chi connectivity index (χ3v) is 6.94. The normalized spacial score (nSPS) is 27.1. The molecule has 0 radical (unpaired) electrons. The highest BCUT2D eigenvalue weighted by atomic mass is 16.4. The Morgan fingerprint density at radius 3 is 2.27 bits per heavy atom. The summed E-state index contributed by atoms with van der Waals surface area (Å²) >= 11 is 0. The smallest absolute Gasteiger partial charge is 0.426 e. The van der Waals surface area contributed by atoms with Crippen LogP contribution in [0.1, 0.15) is 64.7 Å². The van der Waals surface area contributed by atoms with Crippen molar-refractivity contribution in [1.29, 1.82) is 0 Å². The highest BCUT2D eigenvalue weighted by Crippen LogP contribution is 2.27. The summed E-state index contributed by atoms with van der Waals surface area (Å²) in [4.78, 5) is 41.7. The zero-order chi connectivity index (χ0) is 21.8. The number of likely N-dealkylation sites (tertiary alicyclic amines) is 2. The van der Waals surface area contributed by atoms with Crippen LogP contribution in [0.15, 0.2) is 0 Å². The van der Waals surface area contributed by atoms with E-state index in [0.29, 0.717) is 38.8 Å². The van der Waals surface area contributed by atoms with Gasteiger partial charge in [-0.25, -0.2) is 0 Å². The first-order chi connectivity index (χ1) is 14.3. The number of amides is 3. The minimum absolute atomic E-state index is 0.152. The molecule has 1 aliphatic carbocycles. The van der Waals surface area contributed by atoms with Gasteiger partial charge in [0.15, 0.2) is 0 Å². The molecule has 0 aromatic rings. The number of nitrogens with one attached hydrogen (secondary N) is 1. The predicted molar refractivity (Wildman–Crippen MR) is 112 cm³/mol. The number of carbonyl (C=O) groups is 3. The maximum atomic E-state index is 13.0. The van der Waals surface area contributed by atoms with Crippen molar-refractivity contribution in [2.24, 2.45) is 11.7 Å². The van der Waals surface area contributed by atoms with Crippen molar-refractivity contribution in [3.05, 3.63) is 0 Å². The summed E-state index contributed by atoms with van der Waals surface area (Å²) in [5.41, 5.74) is 6.15. The van der Waals surface area contributed by atoms with Crippen LogP contribution < -0.4 is 11.1 Å². The van der Waals surface area contributed by atoms with Gasteiger partial charge in [-0.1, -0.05) is 19.3 Å². The minimum Gasteiger partial charge on any atom is -0.426 e. The second kappa shape index (κ2) is 10.1. The lowest BCUT2D eigenvalue weighted by Gasteiger charge is -2.33. The summed E-state index contributed by atoms with van der Waals surface area (Å²) in [7, 11) is -1.58. The molecule has 9 nitrogen and oxygen atoms in total. The first-order valence-corrected chi connectivity index (χ1v) is 11.3. The Balaban J connectivity index is 1.59. The molecule has 0 aromatic heterocycles. The van der Waals surface area contributed by atoms with Crippen LogP contribution in [0.2, 0.25) is 0 Å². The Morgan fingerprint density at radius 1 is 0.967 bits per heavy atom. The Bertz CT molecular complexity index is 643. The monoisotopic (exact) mass is 422 g/mol. The summed E-state index contributed by atoms with van der Waals surface area (Å²) in [6, 6.07) is -2.01. The second-order valence-electron chi connectivity index (χ2n) is 9.00. The third kappa shape index (κ3) is 4.98. The molecule has 3 rings (SSSR count). The van der Waals surface area contributed by atoms with Crippen LogP contribution in [-0.4, -0.2) is 81.8 Å². The Kier molecular flexibility index (Phi) is 7.76. The fraction of sp³-hybridized carbons (Fsp3) is 0.850. The molecule has 168 valence electrons. The predicted octanol–water partition coefficient (Wildman–Crippen LogP) is -0.607. The number of rotatable bonds is 6. The zero-order valence-corrected chi connectivity index (χ0v) is 17.8. The number of nitrogens with zero attached hydrogens (tertiary/aromatic N) is 2. The second-order valence-corrected chi connectivity index (χ2v) is 9.00. The summed E-state index contributed by atoms with van der Waals surface area (Å²) in [5, 5.41) is 21.9. The van der Waals surface area contributed by atoms with E-state index in [1.165, 1.54) is 16.2 Å². The lowest BCUT2D eigenvalue weighted by molar-refractivity contribution is -0.145. The van der Waals surface area contributed by atoms with Crippen LogP contribution in [0, 0.1) is 5.92 Å². The van der Waals surface area contributed by atoms with Crippen LogP contribution in [0.5, 0.6) is 0 Å². The van der Waals surface area contributed by atoms with Gasteiger partial charge >= 0.3 is 7.12 Å². The van der Waals surface area contributed by atoms with Crippen molar-refractivity contribution in [3.8, 4) is 0 Å². The zero-order valence-electron chi connectivity index (χ0n) is 17.8. The maximum Gasteiger partial charge on any atom is 0.475 e. The van der Waals surface area contributed by atoms with Crippen molar-refractivity contribution in [2.75, 3.05) is 13.1 Å². The van der Waals surface area contributed by atoms with Gasteiger partial charge in [0.05, 0.1) is 12.0 Å². The van der Waals surface area contributed by atoms with Gasteiger partial charge in [-0.2, -0.15) is 0 Å². The van der Waals surface area contributed by atoms with Gasteiger partial charge in [-0.05, 0) is 51.4 Å². The maximum absolute atomic E-state index is 13.0. The molecule has 3 aliphatic rings. The molecular formula is C20H35BN4O5. The van der Waals surface area contributed by atoms with E-state index < -0.39 is 31.2 Å². The fourth-order valence-corrected chi connectivity index (χ4v) is 5.18. The molecule has 0 aromatic carbocycles. The molecule has 3 amide bonds. The van der Waals surface area contributed by atoms with Gasteiger partial charge in [0.2, 0.25) is 17.7 Å². The Hall–Kier alpha value is -1.65. The lowest BCUT2D eigenvalue weighted by Crippen LogP contribution is -2.57. The van der Waals surface area contributed by atoms with E-state index in [-0.39, 0.29) is 23.6 Å². The van der Waals surface area contributed by atoms with Gasteiger partial charge in [0, 0.05) is 13.1 Å². The van der Waals surface area contributed by atoms with E-state index in [4.69, 9.17) is 5.73 Å². The van der Waals surface area contributed by atoms with Gasteiger partial charge < -0.3 is 30.9 Å². The van der Waals surface area contributed by atoms with Crippen LogP contribution in [0.4, 0.5) is 0 Å². The topological polar surface area (TPSA) is 136 Å². The molecule has 5 N–H and O–H groups in total. The number of hydrogen-bond donors (Lipinski definition) is 4. The molecule has 1 saturated carbocycles. The van der Waals surface area contributed by atoms with Crippen LogP contribution >= 0.6 is 0 Å². The molecule has 4 atom stereocenters. The van der Waals surface area contributed by atoms with E-state index >= 15 is 0 Å². The van der Waals surface area contributed by atoms with E-state index in [0.717, 1.165) is 25.7 Å². The molecule has 3 fully saturated rings. The minimum atomic E-state index is -1.58. The number of hydrogen-bond acceptors (Lipinski definition) is 6. The standard InChI is InChI=1S/C20H35BN4O5/c1-13(23-18(26)17(22)14-7-3-2-4-8-14)19(27)24-11-5-9-15(24)20(28)25-12-6-10-16(25)21(29)30/h13-17,29-30H,2-12,22H2,1H3,(H,23,26)/t13-,15+,16-,17?/m0/s1. The summed E-state index contributed by atoms with van der Waals surface area (Å²) in [6.45, 7) is 2.54. The lowest BCUT2D eigenvalue weighted by atomic mass is 9.77. The fourth-order valence-electron chi connectivity index (χ4n) is 5.18. The molecule has 0 spiro atoms. The van der Waals surface area contributed by atoms with Crippen molar-refractivity contribution < 1.29 is 24.4 Å². The molecule has 30 heavy (non-hydrogen) atoms. The van der Waals surface area contributed by atoms with Gasteiger partial charge in [0.1, 0.15) is 12.1 Å². The Labute approximate surface area is 178 Å². The van der Waals surface area contributed by atoms with Crippen LogP contribution in [0.3, 0.4) is 0 Å². The highest BCUT2D eigenvalue weighted by Gasteiger charge is 2.44. The van der Waals surface area contributed by atoms with Crippen molar-refractivity contribution >= 4 is 24.8 Å². The van der Waals surface area contributed by atoms with Crippen molar-refractivity contribution in [3.63, 3.8) is 0 Å². The molecule has 0 bridgehead atoms. The quantitative estimate of drug-likeness (QED) is 0.422. The average Bonchev–Trinajstić information content (AvgIpc) is 3.42. The van der Waals surface area contributed by atoms with Gasteiger partial charge in [-0.15, -0.1) is 0 Å². The van der Waals surface area contributed by atoms with E-state index in [9.17, 15) is 24.4 Å². The van der Waals surface area contributed by atoms with Crippen molar-refractivity contribution in [2.45, 2.75) is 88.8 Å². The van der Waals surface area contributed by atoms with E-state index in [1.54, 1.807) is 6.92 Å². The molecule has 2 aliphatic heterocycles. The molecule has 2 saturated heterocycles. The van der Waals surface area contributed by atoms with E-state index in [2.05, 4.69) is 5.32 Å². The first kappa shape index (κ1) is 23.0. The van der Waals surface area contributed by atoms with Crippen LogP contribution in [-0.2, 0) is 14.4 Å². The summed E-state index contributed by atoms with van der Waals surface area (Å²) < 4.78 is 0. The van der Waals surface area contributed by atoms with Gasteiger partial charge in [0.25, 0.3) is 0 Å². The molecule has 1 unspecified atom stereocenters. The van der Waals surface area contributed by atoms with Crippen LogP contribution in [0.25, 0.3) is 0 Å². The summed E-state index contributed by atoms with van der Waals surface area (Å²) in [6.07, 6.45) is 7.70. The average molecular weight is 422 g/mol. The molecule has 2 heterocycles. The molecule has 10 heteroatoms. The number of carbonyl (C=O) groups excluding carboxylic acids is 3. The third-order valence-electron chi connectivity index (χ3n) is 6.94. The Morgan fingerprint density at radius 2 is 1.60 bits per heavy atom. The molecular weight excluding hydrogens is 387 g/mol. The highest BCUT2D eigenvalue weighted by molar-refractivity contribution is 6.43. The number of nitrogens with two attached hydrogens (primary N) is 1. The van der Waals surface area contributed by atoms with E-state index in [1.807, 2.05) is 0 Å². The largest absolute Gasteiger partial charge is 0.475 e. The summed E-state index contributed by atoms with van der Waals surface area (Å²) in [5.74, 6) is -1.32. The van der Waals surface area contributed by atoms with Gasteiger partial charge in [-0.3, -0.25) is 14.4 Å². The first-order valence-electron chi connectivity index (χ1n) is 11.3. The van der Waals surface area contributed by atoms with Crippen molar-refractivity contribution in [1.82, 2.24) is 15.1 Å². The SMILES string of the molecule is C[C@H](NC(=O)C(N)C1CCCCC1)C(=O)N1CCC[C@@H]1C(=O)N1CCC[C@H]1B(O)O.